The summed E-state index contributed by atoms with van der Waals surface area (Å²) in [5.41, 5.74) is 1.57. The molecule has 1 radical (unpaired) electrons. The van der Waals surface area contributed by atoms with Crippen molar-refractivity contribution in [2.45, 2.75) is 26.7 Å². The smallest absolute Gasteiger partial charge is 0.223 e. The van der Waals surface area contributed by atoms with Gasteiger partial charge in [-0.1, -0.05) is 5.92 Å². The molecule has 1 heterocycles. The zero-order valence-corrected chi connectivity index (χ0v) is 16.4. The van der Waals surface area contributed by atoms with E-state index in [4.69, 9.17) is 16.3 Å². The third-order valence-corrected chi connectivity index (χ3v) is 3.51. The maximum atomic E-state index is 11.9. The number of benzene rings is 1. The second kappa shape index (κ2) is 9.35. The molecule has 5 heteroatoms. The normalized spacial score (nSPS) is 13.7. The molecule has 0 N–H and O–H groups in total. The minimum atomic E-state index is 0. The fourth-order valence-electron chi connectivity index (χ4n) is 2.19. The fourth-order valence-corrected chi connectivity index (χ4v) is 2.45. The van der Waals surface area contributed by atoms with Gasteiger partial charge in [-0.3, -0.25) is 4.79 Å². The Morgan fingerprint density at radius 1 is 1.45 bits per heavy atom. The SMILES string of the molecule is CC#CCOc1ccc(C2=[C-]CCC(=O)N2CC)c(Cl)c1.[Y]. The van der Waals surface area contributed by atoms with Crippen LogP contribution in [0.3, 0.4) is 0 Å². The Balaban J connectivity index is 0.00000242. The molecular formula is C17H17ClNO2Y-. The maximum Gasteiger partial charge on any atom is 0.223 e. The molecule has 3 nitrogen and oxygen atoms in total. The topological polar surface area (TPSA) is 29.5 Å². The van der Waals surface area contributed by atoms with Gasteiger partial charge in [0.25, 0.3) is 0 Å². The van der Waals surface area contributed by atoms with E-state index in [1.54, 1.807) is 17.9 Å². The van der Waals surface area contributed by atoms with E-state index in [0.29, 0.717) is 36.8 Å². The van der Waals surface area contributed by atoms with Crippen molar-refractivity contribution >= 4 is 23.2 Å². The van der Waals surface area contributed by atoms with Crippen molar-refractivity contribution in [1.82, 2.24) is 4.90 Å². The molecule has 113 valence electrons. The average molecular weight is 392 g/mol. The summed E-state index contributed by atoms with van der Waals surface area (Å²) in [5, 5.41) is 0.549. The van der Waals surface area contributed by atoms with Gasteiger partial charge < -0.3 is 9.64 Å². The number of halogens is 1. The predicted octanol–water partition coefficient (Wildman–Crippen LogP) is 3.53. The van der Waals surface area contributed by atoms with E-state index in [0.717, 1.165) is 11.3 Å². The van der Waals surface area contributed by atoms with Crippen LogP contribution in [0, 0.1) is 17.9 Å². The Morgan fingerprint density at radius 3 is 2.86 bits per heavy atom. The predicted molar refractivity (Wildman–Crippen MR) is 83.7 cm³/mol. The number of hydrogen-bond donors (Lipinski definition) is 0. The van der Waals surface area contributed by atoms with Gasteiger partial charge in [0.15, 0.2) is 0 Å². The van der Waals surface area contributed by atoms with E-state index in [1.165, 1.54) is 0 Å². The van der Waals surface area contributed by atoms with Gasteiger partial charge in [-0.05, 0) is 31.0 Å². The molecule has 0 aliphatic carbocycles. The molecule has 0 fully saturated rings. The number of carbonyl (C=O) groups excluding carboxylic acids is 1. The minimum Gasteiger partial charge on any atom is -0.481 e. The zero-order valence-electron chi connectivity index (χ0n) is 12.8. The summed E-state index contributed by atoms with van der Waals surface area (Å²) in [4.78, 5) is 13.7. The first-order chi connectivity index (χ1) is 10.2. The molecule has 0 aromatic heterocycles. The van der Waals surface area contributed by atoms with Gasteiger partial charge in [-0.2, -0.15) is 0 Å². The van der Waals surface area contributed by atoms with Gasteiger partial charge in [-0.15, -0.1) is 41.3 Å². The van der Waals surface area contributed by atoms with Gasteiger partial charge in [0.2, 0.25) is 5.91 Å². The van der Waals surface area contributed by atoms with Gasteiger partial charge in [0.05, 0.1) is 0 Å². The molecular weight excluding hydrogens is 375 g/mol. The molecule has 0 saturated heterocycles. The minimum absolute atomic E-state index is 0. The van der Waals surface area contributed by atoms with Crippen LogP contribution in [0.1, 0.15) is 32.3 Å². The molecule has 1 aromatic rings. The Morgan fingerprint density at radius 2 is 2.23 bits per heavy atom. The van der Waals surface area contributed by atoms with Crippen molar-refractivity contribution in [3.05, 3.63) is 34.9 Å². The van der Waals surface area contributed by atoms with Crippen LogP contribution in [0.4, 0.5) is 0 Å². The maximum absolute atomic E-state index is 11.9. The number of nitrogens with zero attached hydrogens (tertiary/aromatic N) is 1. The summed E-state index contributed by atoms with van der Waals surface area (Å²) in [6.45, 7) is 4.66. The van der Waals surface area contributed by atoms with Gasteiger partial charge in [0, 0.05) is 45.7 Å². The van der Waals surface area contributed by atoms with Gasteiger partial charge in [-0.25, -0.2) is 6.08 Å². The van der Waals surface area contributed by atoms with Crippen molar-refractivity contribution in [1.29, 1.82) is 0 Å². The van der Waals surface area contributed by atoms with Crippen LogP contribution in [0.5, 0.6) is 5.75 Å². The Hall–Kier alpha value is -0.816. The van der Waals surface area contributed by atoms with Crippen molar-refractivity contribution in [2.75, 3.05) is 13.2 Å². The van der Waals surface area contributed by atoms with E-state index in [-0.39, 0.29) is 38.6 Å². The van der Waals surface area contributed by atoms with Crippen molar-refractivity contribution in [3.8, 4) is 17.6 Å². The van der Waals surface area contributed by atoms with Crippen molar-refractivity contribution in [2.24, 2.45) is 0 Å². The molecule has 0 spiro atoms. The monoisotopic (exact) mass is 391 g/mol. The number of rotatable bonds is 4. The van der Waals surface area contributed by atoms with E-state index in [1.807, 2.05) is 19.1 Å². The Labute approximate surface area is 161 Å². The Bertz CT molecular complexity index is 631. The van der Waals surface area contributed by atoms with E-state index < -0.39 is 0 Å². The fraction of sp³-hybridized carbons (Fsp3) is 0.353. The molecule has 22 heavy (non-hydrogen) atoms. The number of allylic oxidation sites excluding steroid dienone is 1. The van der Waals surface area contributed by atoms with Crippen LogP contribution in [-0.2, 0) is 37.5 Å². The quantitative estimate of drug-likeness (QED) is 0.580. The third kappa shape index (κ3) is 4.59. The summed E-state index contributed by atoms with van der Waals surface area (Å²) >= 11 is 6.33. The van der Waals surface area contributed by atoms with Crippen LogP contribution in [0.15, 0.2) is 18.2 Å². The summed E-state index contributed by atoms with van der Waals surface area (Å²) in [6.07, 6.45) is 4.39. The number of carbonyl (C=O) groups is 1. The van der Waals surface area contributed by atoms with Crippen LogP contribution >= 0.6 is 11.6 Å². The number of amides is 1. The molecule has 1 amide bonds. The molecule has 0 saturated carbocycles. The molecule has 1 aliphatic rings. The second-order valence-electron chi connectivity index (χ2n) is 4.52. The van der Waals surface area contributed by atoms with Crippen molar-refractivity contribution in [3.63, 3.8) is 0 Å². The number of ether oxygens (including phenoxy) is 1. The van der Waals surface area contributed by atoms with Crippen LogP contribution < -0.4 is 4.74 Å². The summed E-state index contributed by atoms with van der Waals surface area (Å²) in [6, 6.07) is 5.44. The van der Waals surface area contributed by atoms with E-state index in [9.17, 15) is 4.79 Å². The standard InChI is InChI=1S/C17H17ClNO2.Y/c1-3-5-11-21-13-9-10-14(15(18)12-13)16-7-6-8-17(20)19(16)4-2;/h9-10,12H,4,6,8,11H2,1-2H3;/q-1;. The molecule has 0 unspecified atom stereocenters. The molecule has 2 rings (SSSR count). The summed E-state index contributed by atoms with van der Waals surface area (Å²) in [7, 11) is 0. The van der Waals surface area contributed by atoms with Crippen LogP contribution in [-0.4, -0.2) is 24.0 Å². The van der Waals surface area contributed by atoms with E-state index in [2.05, 4.69) is 17.9 Å². The molecule has 0 bridgehead atoms. The molecule has 1 aliphatic heterocycles. The summed E-state index contributed by atoms with van der Waals surface area (Å²) in [5.74, 6) is 6.37. The first-order valence-corrected chi connectivity index (χ1v) is 7.28. The Kier molecular flexibility index (Phi) is 8.17. The first-order valence-electron chi connectivity index (χ1n) is 6.91. The van der Waals surface area contributed by atoms with Crippen LogP contribution in [0.25, 0.3) is 5.70 Å². The second-order valence-corrected chi connectivity index (χ2v) is 4.93. The van der Waals surface area contributed by atoms with E-state index >= 15 is 0 Å². The van der Waals surface area contributed by atoms with Gasteiger partial charge >= 0.3 is 0 Å². The van der Waals surface area contributed by atoms with Gasteiger partial charge in [0.1, 0.15) is 12.4 Å². The zero-order chi connectivity index (χ0) is 15.2. The largest absolute Gasteiger partial charge is 0.481 e. The molecule has 1 aromatic carbocycles. The average Bonchev–Trinajstić information content (AvgIpc) is 2.47. The van der Waals surface area contributed by atoms with Crippen molar-refractivity contribution < 1.29 is 42.2 Å². The third-order valence-electron chi connectivity index (χ3n) is 3.20. The summed E-state index contributed by atoms with van der Waals surface area (Å²) < 4.78 is 5.48. The van der Waals surface area contributed by atoms with Crippen LogP contribution in [0.2, 0.25) is 5.02 Å². The molecule has 0 atom stereocenters. The number of hydrogen-bond acceptors (Lipinski definition) is 2. The first kappa shape index (κ1) is 19.2.